The molecule has 1 aromatic rings. The summed E-state index contributed by atoms with van der Waals surface area (Å²) in [6, 6.07) is 7.19. The standard InChI is InChI=1S/C15H20BrNO4/c1-10(21-12-6-4-11(16)5-7-12)13(18)17-9-8-15(2,3)14(19)20/h4-7,10H,8-9H2,1-3H3,(H,17,18)(H,19,20). The fourth-order valence-corrected chi connectivity index (χ4v) is 1.78. The van der Waals surface area contributed by atoms with E-state index < -0.39 is 17.5 Å². The third kappa shape index (κ3) is 5.75. The number of aliphatic carboxylic acids is 1. The second-order valence-electron chi connectivity index (χ2n) is 5.44. The summed E-state index contributed by atoms with van der Waals surface area (Å²) in [4.78, 5) is 22.8. The average molecular weight is 358 g/mol. The molecule has 6 heteroatoms. The summed E-state index contributed by atoms with van der Waals surface area (Å²) >= 11 is 3.32. The molecule has 0 saturated heterocycles. The van der Waals surface area contributed by atoms with Crippen LogP contribution < -0.4 is 10.1 Å². The molecule has 0 radical (unpaired) electrons. The summed E-state index contributed by atoms with van der Waals surface area (Å²) in [5.41, 5.74) is -0.858. The van der Waals surface area contributed by atoms with Crippen molar-refractivity contribution in [1.29, 1.82) is 0 Å². The molecule has 0 fully saturated rings. The van der Waals surface area contributed by atoms with Gasteiger partial charge in [0.2, 0.25) is 0 Å². The summed E-state index contributed by atoms with van der Waals surface area (Å²) in [5.74, 6) is -0.540. The van der Waals surface area contributed by atoms with Crippen LogP contribution in [0.1, 0.15) is 27.2 Å². The monoisotopic (exact) mass is 357 g/mol. The van der Waals surface area contributed by atoms with E-state index in [1.165, 1.54) is 0 Å². The van der Waals surface area contributed by atoms with Gasteiger partial charge in [-0.3, -0.25) is 9.59 Å². The third-order valence-electron chi connectivity index (χ3n) is 3.12. The highest BCUT2D eigenvalue weighted by Gasteiger charge is 2.27. The first-order chi connectivity index (χ1) is 9.72. The molecule has 21 heavy (non-hydrogen) atoms. The van der Waals surface area contributed by atoms with E-state index in [2.05, 4.69) is 21.2 Å². The van der Waals surface area contributed by atoms with Gasteiger partial charge in [0.25, 0.3) is 5.91 Å². The fraction of sp³-hybridized carbons (Fsp3) is 0.467. The van der Waals surface area contributed by atoms with Crippen molar-refractivity contribution in [3.8, 4) is 5.75 Å². The van der Waals surface area contributed by atoms with Crippen LogP contribution in [0.5, 0.6) is 5.75 Å². The van der Waals surface area contributed by atoms with Gasteiger partial charge in [0.15, 0.2) is 6.10 Å². The number of ether oxygens (including phenoxy) is 1. The molecule has 116 valence electrons. The molecule has 0 spiro atoms. The zero-order valence-electron chi connectivity index (χ0n) is 12.4. The highest BCUT2D eigenvalue weighted by Crippen LogP contribution is 2.19. The predicted octanol–water partition coefficient (Wildman–Crippen LogP) is 2.83. The molecule has 2 N–H and O–H groups in total. The molecule has 0 heterocycles. The van der Waals surface area contributed by atoms with Crippen molar-refractivity contribution in [3.63, 3.8) is 0 Å². The summed E-state index contributed by atoms with van der Waals surface area (Å²) in [7, 11) is 0. The van der Waals surface area contributed by atoms with Gasteiger partial charge in [-0.2, -0.15) is 0 Å². The van der Waals surface area contributed by atoms with Gasteiger partial charge >= 0.3 is 5.97 Å². The Balaban J connectivity index is 2.41. The van der Waals surface area contributed by atoms with E-state index in [1.807, 2.05) is 12.1 Å². The number of benzene rings is 1. The Morgan fingerprint density at radius 3 is 2.43 bits per heavy atom. The predicted molar refractivity (Wildman–Crippen MR) is 83.3 cm³/mol. The number of nitrogens with one attached hydrogen (secondary N) is 1. The maximum absolute atomic E-state index is 11.9. The quantitative estimate of drug-likeness (QED) is 0.786. The lowest BCUT2D eigenvalue weighted by atomic mass is 9.90. The molecular weight excluding hydrogens is 338 g/mol. The van der Waals surface area contributed by atoms with E-state index in [0.29, 0.717) is 18.7 Å². The van der Waals surface area contributed by atoms with Crippen LogP contribution in [-0.2, 0) is 9.59 Å². The average Bonchev–Trinajstić information content (AvgIpc) is 2.40. The Kier molecular flexibility index (Phi) is 6.20. The first kappa shape index (κ1) is 17.5. The smallest absolute Gasteiger partial charge is 0.309 e. The lowest BCUT2D eigenvalue weighted by Gasteiger charge is -2.20. The van der Waals surface area contributed by atoms with Crippen LogP contribution in [0.2, 0.25) is 0 Å². The van der Waals surface area contributed by atoms with Crippen molar-refractivity contribution in [2.75, 3.05) is 6.54 Å². The largest absolute Gasteiger partial charge is 0.481 e. The second-order valence-corrected chi connectivity index (χ2v) is 6.36. The van der Waals surface area contributed by atoms with Gasteiger partial charge < -0.3 is 15.2 Å². The van der Waals surface area contributed by atoms with Crippen LogP contribution in [-0.4, -0.2) is 29.6 Å². The summed E-state index contributed by atoms with van der Waals surface area (Å²) in [6.45, 7) is 5.21. The minimum atomic E-state index is -0.879. The van der Waals surface area contributed by atoms with Gasteiger partial charge in [0.05, 0.1) is 5.41 Å². The van der Waals surface area contributed by atoms with Crippen molar-refractivity contribution < 1.29 is 19.4 Å². The van der Waals surface area contributed by atoms with Gasteiger partial charge in [-0.25, -0.2) is 0 Å². The first-order valence-electron chi connectivity index (χ1n) is 6.66. The lowest BCUT2D eigenvalue weighted by Crippen LogP contribution is -2.39. The number of hydrogen-bond acceptors (Lipinski definition) is 3. The van der Waals surface area contributed by atoms with Crippen LogP contribution in [0.3, 0.4) is 0 Å². The SMILES string of the molecule is CC(Oc1ccc(Br)cc1)C(=O)NCCC(C)(C)C(=O)O. The van der Waals surface area contributed by atoms with Crippen LogP contribution in [0.4, 0.5) is 0 Å². The number of carbonyl (C=O) groups excluding carboxylic acids is 1. The number of carbonyl (C=O) groups is 2. The van der Waals surface area contributed by atoms with Crippen molar-refractivity contribution >= 4 is 27.8 Å². The van der Waals surface area contributed by atoms with Gasteiger partial charge in [-0.15, -0.1) is 0 Å². The Hall–Kier alpha value is -1.56. The molecule has 0 aliphatic heterocycles. The van der Waals surface area contributed by atoms with E-state index in [1.54, 1.807) is 32.9 Å². The van der Waals surface area contributed by atoms with Crippen LogP contribution in [0.15, 0.2) is 28.7 Å². The molecule has 0 aliphatic rings. The molecule has 1 atom stereocenters. The fourth-order valence-electron chi connectivity index (χ4n) is 1.52. The number of amides is 1. The molecule has 0 saturated carbocycles. The number of rotatable bonds is 7. The second kappa shape index (κ2) is 7.45. The summed E-state index contributed by atoms with van der Waals surface area (Å²) in [5, 5.41) is 11.7. The van der Waals surface area contributed by atoms with Crippen molar-refractivity contribution in [2.24, 2.45) is 5.41 Å². The molecule has 0 bridgehead atoms. The van der Waals surface area contributed by atoms with Crippen molar-refractivity contribution in [3.05, 3.63) is 28.7 Å². The number of hydrogen-bond donors (Lipinski definition) is 2. The Labute approximate surface area is 132 Å². The minimum absolute atomic E-state index is 0.265. The van der Waals surface area contributed by atoms with Gasteiger partial charge in [-0.1, -0.05) is 15.9 Å². The molecular formula is C15H20BrNO4. The van der Waals surface area contributed by atoms with Crippen LogP contribution in [0, 0.1) is 5.41 Å². The molecule has 1 rings (SSSR count). The molecule has 1 amide bonds. The Morgan fingerprint density at radius 1 is 1.33 bits per heavy atom. The van der Waals surface area contributed by atoms with Crippen LogP contribution in [0.25, 0.3) is 0 Å². The van der Waals surface area contributed by atoms with Crippen LogP contribution >= 0.6 is 15.9 Å². The highest BCUT2D eigenvalue weighted by atomic mass is 79.9. The highest BCUT2D eigenvalue weighted by molar-refractivity contribution is 9.10. The maximum Gasteiger partial charge on any atom is 0.309 e. The minimum Gasteiger partial charge on any atom is -0.481 e. The first-order valence-corrected chi connectivity index (χ1v) is 7.45. The molecule has 1 aromatic carbocycles. The van der Waals surface area contributed by atoms with E-state index in [4.69, 9.17) is 9.84 Å². The number of carboxylic acids is 1. The normalized spacial score (nSPS) is 12.6. The van der Waals surface area contributed by atoms with E-state index in [0.717, 1.165) is 4.47 Å². The molecule has 5 nitrogen and oxygen atoms in total. The topological polar surface area (TPSA) is 75.6 Å². The number of carboxylic acid groups (broad SMARTS) is 1. The molecule has 1 unspecified atom stereocenters. The van der Waals surface area contributed by atoms with E-state index in [-0.39, 0.29) is 5.91 Å². The zero-order valence-corrected chi connectivity index (χ0v) is 13.9. The summed E-state index contributed by atoms with van der Waals surface area (Å²) in [6.07, 6.45) is -0.280. The van der Waals surface area contributed by atoms with Gasteiger partial charge in [0.1, 0.15) is 5.75 Å². The Bertz CT molecular complexity index is 499. The van der Waals surface area contributed by atoms with E-state index in [9.17, 15) is 9.59 Å². The van der Waals surface area contributed by atoms with Gasteiger partial charge in [0, 0.05) is 11.0 Å². The maximum atomic E-state index is 11.9. The third-order valence-corrected chi connectivity index (χ3v) is 3.65. The molecule has 0 aromatic heterocycles. The lowest BCUT2D eigenvalue weighted by molar-refractivity contribution is -0.147. The van der Waals surface area contributed by atoms with Crippen molar-refractivity contribution in [1.82, 2.24) is 5.32 Å². The van der Waals surface area contributed by atoms with E-state index >= 15 is 0 Å². The summed E-state index contributed by atoms with van der Waals surface area (Å²) < 4.78 is 6.45. The number of halogens is 1. The Morgan fingerprint density at radius 2 is 1.90 bits per heavy atom. The molecule has 0 aliphatic carbocycles. The van der Waals surface area contributed by atoms with Crippen molar-refractivity contribution in [2.45, 2.75) is 33.3 Å². The van der Waals surface area contributed by atoms with Gasteiger partial charge in [-0.05, 0) is 51.5 Å². The zero-order chi connectivity index (χ0) is 16.0.